The smallest absolute Gasteiger partial charge is 0.134 e. The zero-order chi connectivity index (χ0) is 17.2. The minimum atomic E-state index is 0.179. The molecule has 0 unspecified atom stereocenters. The van der Waals surface area contributed by atoms with Gasteiger partial charge in [0.05, 0.1) is 12.6 Å². The van der Waals surface area contributed by atoms with E-state index in [4.69, 9.17) is 0 Å². The van der Waals surface area contributed by atoms with Crippen LogP contribution in [0.15, 0.2) is 36.7 Å². The van der Waals surface area contributed by atoms with Crippen molar-refractivity contribution in [2.45, 2.75) is 25.4 Å². The van der Waals surface area contributed by atoms with E-state index in [2.05, 4.69) is 62.0 Å². The van der Waals surface area contributed by atoms with Crippen LogP contribution in [0.3, 0.4) is 0 Å². The molecule has 0 spiro atoms. The number of fused-ring (bicyclic) bond motifs is 1. The summed E-state index contributed by atoms with van der Waals surface area (Å²) in [4.78, 5) is 15.8. The van der Waals surface area contributed by atoms with E-state index < -0.39 is 0 Å². The number of hydrogen-bond acceptors (Lipinski definition) is 6. The maximum Gasteiger partial charge on any atom is 0.134 e. The maximum absolute atomic E-state index is 9.59. The normalized spacial score (nSPS) is 20.6. The van der Waals surface area contributed by atoms with Gasteiger partial charge in [-0.3, -0.25) is 0 Å². The minimum absolute atomic E-state index is 0.179. The Morgan fingerprint density at radius 3 is 2.84 bits per heavy atom. The third-order valence-electron chi connectivity index (χ3n) is 5.31. The van der Waals surface area contributed by atoms with E-state index in [1.54, 1.807) is 6.33 Å². The predicted molar refractivity (Wildman–Crippen MR) is 100 cm³/mol. The summed E-state index contributed by atoms with van der Waals surface area (Å²) in [6.07, 6.45) is 3.78. The van der Waals surface area contributed by atoms with Gasteiger partial charge in [-0.25, -0.2) is 9.97 Å². The van der Waals surface area contributed by atoms with E-state index >= 15 is 0 Å². The zero-order valence-electron chi connectivity index (χ0n) is 14.7. The average Bonchev–Trinajstić information content (AvgIpc) is 3.07. The molecule has 25 heavy (non-hydrogen) atoms. The van der Waals surface area contributed by atoms with Gasteiger partial charge in [-0.1, -0.05) is 18.2 Å². The molecule has 1 fully saturated rings. The van der Waals surface area contributed by atoms with Gasteiger partial charge in [0.1, 0.15) is 18.0 Å². The Kier molecular flexibility index (Phi) is 4.44. The average molecular weight is 339 g/mol. The minimum Gasteiger partial charge on any atom is -0.394 e. The standard InChI is InChI=1S/C19H25N5O/c1-22-9-10-23(12-15-5-2-3-7-17(15)22)18-11-19(21-14-20-18)24-8-4-6-16(24)13-25/h2-3,5,7,11,14,16,25H,4,6,8-10,12-13H2,1H3/t16-/m0/s1. The van der Waals surface area contributed by atoms with Gasteiger partial charge in [-0.2, -0.15) is 0 Å². The summed E-state index contributed by atoms with van der Waals surface area (Å²) in [6.45, 7) is 3.86. The third-order valence-corrected chi connectivity index (χ3v) is 5.31. The molecule has 2 aliphatic rings. The Morgan fingerprint density at radius 1 is 1.12 bits per heavy atom. The van der Waals surface area contributed by atoms with Crippen LogP contribution >= 0.6 is 0 Å². The summed E-state index contributed by atoms with van der Waals surface area (Å²) in [6, 6.07) is 10.8. The van der Waals surface area contributed by atoms with Crippen molar-refractivity contribution in [3.8, 4) is 0 Å². The second kappa shape index (κ2) is 6.88. The number of aromatic nitrogens is 2. The first-order valence-corrected chi connectivity index (χ1v) is 9.00. The number of para-hydroxylation sites is 1. The molecule has 1 saturated heterocycles. The topological polar surface area (TPSA) is 55.7 Å². The van der Waals surface area contributed by atoms with Gasteiger partial charge in [0.15, 0.2) is 0 Å². The van der Waals surface area contributed by atoms with Crippen LogP contribution in [0.4, 0.5) is 17.3 Å². The number of hydrogen-bond donors (Lipinski definition) is 1. The molecule has 0 saturated carbocycles. The molecule has 2 aromatic rings. The summed E-state index contributed by atoms with van der Waals surface area (Å²) in [5.41, 5.74) is 2.61. The lowest BCUT2D eigenvalue weighted by molar-refractivity contribution is 0.266. The monoisotopic (exact) mass is 339 g/mol. The molecule has 132 valence electrons. The van der Waals surface area contributed by atoms with Crippen LogP contribution in [0, 0.1) is 0 Å². The lowest BCUT2D eigenvalue weighted by Crippen LogP contribution is -2.33. The number of anilines is 3. The van der Waals surface area contributed by atoms with Gasteiger partial charge in [0, 0.05) is 45.0 Å². The summed E-state index contributed by atoms with van der Waals surface area (Å²) < 4.78 is 0. The number of aliphatic hydroxyl groups is 1. The van der Waals surface area contributed by atoms with E-state index in [0.717, 1.165) is 50.7 Å². The fraction of sp³-hybridized carbons (Fsp3) is 0.474. The van der Waals surface area contributed by atoms with Crippen molar-refractivity contribution >= 4 is 17.3 Å². The van der Waals surface area contributed by atoms with Crippen LogP contribution in [-0.4, -0.2) is 54.4 Å². The quantitative estimate of drug-likeness (QED) is 0.922. The van der Waals surface area contributed by atoms with Crippen molar-refractivity contribution in [3.63, 3.8) is 0 Å². The van der Waals surface area contributed by atoms with Crippen molar-refractivity contribution in [2.24, 2.45) is 0 Å². The zero-order valence-corrected chi connectivity index (χ0v) is 14.7. The highest BCUT2D eigenvalue weighted by Crippen LogP contribution is 2.29. The molecule has 6 nitrogen and oxygen atoms in total. The number of rotatable bonds is 3. The highest BCUT2D eigenvalue weighted by molar-refractivity contribution is 5.58. The van der Waals surface area contributed by atoms with Crippen LogP contribution in [0.1, 0.15) is 18.4 Å². The summed E-state index contributed by atoms with van der Waals surface area (Å²) >= 11 is 0. The summed E-state index contributed by atoms with van der Waals surface area (Å²) in [5, 5.41) is 9.59. The fourth-order valence-electron chi connectivity index (χ4n) is 3.88. The van der Waals surface area contributed by atoms with Crippen molar-refractivity contribution in [1.29, 1.82) is 0 Å². The lowest BCUT2D eigenvalue weighted by Gasteiger charge is -2.26. The van der Waals surface area contributed by atoms with E-state index in [0.29, 0.717) is 0 Å². The van der Waals surface area contributed by atoms with Crippen molar-refractivity contribution in [2.75, 3.05) is 48.0 Å². The Bertz CT molecular complexity index is 737. The molecule has 0 amide bonds. The Balaban J connectivity index is 1.61. The van der Waals surface area contributed by atoms with E-state index in [9.17, 15) is 5.11 Å². The molecular weight excluding hydrogens is 314 g/mol. The van der Waals surface area contributed by atoms with Crippen LogP contribution in [0.25, 0.3) is 0 Å². The highest BCUT2D eigenvalue weighted by Gasteiger charge is 2.26. The SMILES string of the molecule is CN1CCN(c2cc(N3CCC[C@H]3CO)ncn2)Cc2ccccc21. The first-order chi connectivity index (χ1) is 12.3. The molecular formula is C19H25N5O. The Labute approximate surface area is 148 Å². The molecule has 0 aliphatic carbocycles. The Morgan fingerprint density at radius 2 is 1.96 bits per heavy atom. The van der Waals surface area contributed by atoms with Gasteiger partial charge in [0.2, 0.25) is 0 Å². The predicted octanol–water partition coefficient (Wildman–Crippen LogP) is 1.89. The molecule has 3 heterocycles. The van der Waals surface area contributed by atoms with Crippen LogP contribution in [0.5, 0.6) is 0 Å². The summed E-state index contributed by atoms with van der Waals surface area (Å²) in [5.74, 6) is 1.88. The molecule has 1 aromatic heterocycles. The van der Waals surface area contributed by atoms with Gasteiger partial charge in [-0.05, 0) is 24.5 Å². The van der Waals surface area contributed by atoms with Gasteiger partial charge in [0.25, 0.3) is 0 Å². The van der Waals surface area contributed by atoms with E-state index in [1.807, 2.05) is 0 Å². The molecule has 0 radical (unpaired) electrons. The number of aliphatic hydroxyl groups excluding tert-OH is 1. The number of nitrogens with zero attached hydrogens (tertiary/aromatic N) is 5. The second-order valence-electron chi connectivity index (χ2n) is 6.88. The molecule has 0 bridgehead atoms. The third kappa shape index (κ3) is 3.14. The van der Waals surface area contributed by atoms with Crippen molar-refractivity contribution < 1.29 is 5.11 Å². The van der Waals surface area contributed by atoms with E-state index in [1.165, 1.54) is 11.3 Å². The fourth-order valence-corrected chi connectivity index (χ4v) is 3.88. The molecule has 1 aromatic carbocycles. The molecule has 1 atom stereocenters. The van der Waals surface area contributed by atoms with Gasteiger partial charge in [-0.15, -0.1) is 0 Å². The van der Waals surface area contributed by atoms with Crippen LogP contribution in [-0.2, 0) is 6.54 Å². The van der Waals surface area contributed by atoms with E-state index in [-0.39, 0.29) is 12.6 Å². The molecule has 1 N–H and O–H groups in total. The maximum atomic E-state index is 9.59. The van der Waals surface area contributed by atoms with Gasteiger partial charge < -0.3 is 19.8 Å². The van der Waals surface area contributed by atoms with Crippen LogP contribution < -0.4 is 14.7 Å². The van der Waals surface area contributed by atoms with Gasteiger partial charge >= 0.3 is 0 Å². The first kappa shape index (κ1) is 16.1. The second-order valence-corrected chi connectivity index (χ2v) is 6.88. The number of likely N-dealkylation sites (N-methyl/N-ethyl adjacent to an activating group) is 1. The summed E-state index contributed by atoms with van der Waals surface area (Å²) in [7, 11) is 2.14. The highest BCUT2D eigenvalue weighted by atomic mass is 16.3. The Hall–Kier alpha value is -2.34. The van der Waals surface area contributed by atoms with Crippen molar-refractivity contribution in [1.82, 2.24) is 9.97 Å². The largest absolute Gasteiger partial charge is 0.394 e. The van der Waals surface area contributed by atoms with Crippen LogP contribution in [0.2, 0.25) is 0 Å². The molecule has 4 rings (SSSR count). The lowest BCUT2D eigenvalue weighted by atomic mass is 10.1. The molecule has 2 aliphatic heterocycles. The molecule has 6 heteroatoms. The number of benzene rings is 1. The first-order valence-electron chi connectivity index (χ1n) is 9.00. The van der Waals surface area contributed by atoms with Crippen molar-refractivity contribution in [3.05, 3.63) is 42.2 Å².